The van der Waals surface area contributed by atoms with E-state index in [1.165, 1.54) is 10.00 Å². The highest BCUT2D eigenvalue weighted by Gasteiger charge is 2.33. The maximum absolute atomic E-state index is 12.8. The van der Waals surface area contributed by atoms with Gasteiger partial charge in [0.2, 0.25) is 15.9 Å². The van der Waals surface area contributed by atoms with Gasteiger partial charge in [-0.05, 0) is 51.2 Å². The second-order valence-electron chi connectivity index (χ2n) is 8.12. The number of hydrogen-bond donors (Lipinski definition) is 1. The number of rotatable bonds is 4. The van der Waals surface area contributed by atoms with Crippen molar-refractivity contribution in [3.8, 4) is 0 Å². The number of nitrogens with one attached hydrogen (secondary N) is 1. The van der Waals surface area contributed by atoms with Crippen molar-refractivity contribution in [3.63, 3.8) is 0 Å². The smallest absolute Gasteiger partial charge is 0.243 e. The number of hydrogen-bond acceptors (Lipinski definition) is 4. The molecule has 4 rings (SSSR count). The third-order valence-corrected chi connectivity index (χ3v) is 8.09. The Morgan fingerprint density at radius 3 is 2.52 bits per heavy atom. The Balaban J connectivity index is 1.37. The molecule has 29 heavy (non-hydrogen) atoms. The summed E-state index contributed by atoms with van der Waals surface area (Å²) in [7, 11) is -1.56. The highest BCUT2D eigenvalue weighted by molar-refractivity contribution is 7.89. The SMILES string of the molecule is Cc1ccc(S(=O)(=O)N2CCC(C(=O)NC3CCCc4c3cnn4C)CC2)cc1. The van der Waals surface area contributed by atoms with Gasteiger partial charge >= 0.3 is 0 Å². The van der Waals surface area contributed by atoms with Crippen LogP contribution in [0.25, 0.3) is 0 Å². The molecule has 1 fully saturated rings. The quantitative estimate of drug-likeness (QED) is 0.829. The van der Waals surface area contributed by atoms with Crippen molar-refractivity contribution in [1.82, 2.24) is 19.4 Å². The molecule has 0 saturated carbocycles. The van der Waals surface area contributed by atoms with E-state index in [0.717, 1.165) is 30.4 Å². The molecule has 1 aromatic carbocycles. The summed E-state index contributed by atoms with van der Waals surface area (Å²) in [5, 5.41) is 7.52. The number of nitrogens with zero attached hydrogens (tertiary/aromatic N) is 3. The molecule has 0 spiro atoms. The van der Waals surface area contributed by atoms with Crippen LogP contribution in [0.5, 0.6) is 0 Å². The summed E-state index contributed by atoms with van der Waals surface area (Å²) in [6, 6.07) is 6.93. The maximum Gasteiger partial charge on any atom is 0.243 e. The normalized spacial score (nSPS) is 21.0. The molecule has 2 heterocycles. The maximum atomic E-state index is 12.8. The number of carbonyl (C=O) groups excluding carboxylic acids is 1. The highest BCUT2D eigenvalue weighted by atomic mass is 32.2. The zero-order valence-electron chi connectivity index (χ0n) is 17.0. The van der Waals surface area contributed by atoms with Gasteiger partial charge in [0.1, 0.15) is 0 Å². The van der Waals surface area contributed by atoms with Gasteiger partial charge in [0.25, 0.3) is 0 Å². The first-order chi connectivity index (χ1) is 13.9. The van der Waals surface area contributed by atoms with Crippen molar-refractivity contribution in [2.45, 2.75) is 50.0 Å². The monoisotopic (exact) mass is 416 g/mol. The van der Waals surface area contributed by atoms with E-state index in [2.05, 4.69) is 10.4 Å². The van der Waals surface area contributed by atoms with Gasteiger partial charge in [0.15, 0.2) is 0 Å². The van der Waals surface area contributed by atoms with Crippen LogP contribution >= 0.6 is 0 Å². The van der Waals surface area contributed by atoms with Gasteiger partial charge in [-0.2, -0.15) is 9.40 Å². The summed E-state index contributed by atoms with van der Waals surface area (Å²) in [4.78, 5) is 13.2. The molecule has 1 saturated heterocycles. The van der Waals surface area contributed by atoms with E-state index in [0.29, 0.717) is 30.8 Å². The molecule has 1 N–H and O–H groups in total. The molecule has 2 aliphatic rings. The molecule has 2 aromatic rings. The van der Waals surface area contributed by atoms with Gasteiger partial charge in [-0.15, -0.1) is 0 Å². The molecule has 0 radical (unpaired) electrons. The number of aromatic nitrogens is 2. The summed E-state index contributed by atoms with van der Waals surface area (Å²) < 4.78 is 29.1. The van der Waals surface area contributed by atoms with Gasteiger partial charge in [-0.1, -0.05) is 17.7 Å². The number of sulfonamides is 1. The first-order valence-corrected chi connectivity index (χ1v) is 11.7. The van der Waals surface area contributed by atoms with E-state index >= 15 is 0 Å². The van der Waals surface area contributed by atoms with Crippen LogP contribution in [-0.4, -0.2) is 41.5 Å². The molecule has 1 aliphatic carbocycles. The molecular weight excluding hydrogens is 388 g/mol. The lowest BCUT2D eigenvalue weighted by Crippen LogP contribution is -2.44. The van der Waals surface area contributed by atoms with Crippen LogP contribution in [0.2, 0.25) is 0 Å². The van der Waals surface area contributed by atoms with Gasteiger partial charge in [0.05, 0.1) is 17.1 Å². The zero-order valence-corrected chi connectivity index (χ0v) is 17.8. The number of benzene rings is 1. The Labute approximate surface area is 172 Å². The van der Waals surface area contributed by atoms with Crippen LogP contribution in [0.15, 0.2) is 35.4 Å². The van der Waals surface area contributed by atoms with Crippen LogP contribution < -0.4 is 5.32 Å². The number of amides is 1. The third kappa shape index (κ3) is 3.96. The number of carbonyl (C=O) groups is 1. The molecular formula is C21H28N4O3S. The Morgan fingerprint density at radius 2 is 1.83 bits per heavy atom. The first kappa shape index (κ1) is 20.1. The number of aryl methyl sites for hydroxylation is 2. The van der Waals surface area contributed by atoms with E-state index in [-0.39, 0.29) is 17.9 Å². The van der Waals surface area contributed by atoms with Crippen LogP contribution in [0.1, 0.15) is 48.5 Å². The average Bonchev–Trinajstić information content (AvgIpc) is 3.10. The van der Waals surface area contributed by atoms with Crippen molar-refractivity contribution < 1.29 is 13.2 Å². The molecule has 156 valence electrons. The Morgan fingerprint density at radius 1 is 1.14 bits per heavy atom. The van der Waals surface area contributed by atoms with Crippen LogP contribution in [-0.2, 0) is 28.3 Å². The number of fused-ring (bicyclic) bond motifs is 1. The molecule has 7 nitrogen and oxygen atoms in total. The van der Waals surface area contributed by atoms with Crippen LogP contribution in [0.3, 0.4) is 0 Å². The fourth-order valence-corrected chi connectivity index (χ4v) is 5.83. The van der Waals surface area contributed by atoms with Crippen molar-refractivity contribution in [2.75, 3.05) is 13.1 Å². The molecule has 1 atom stereocenters. The highest BCUT2D eigenvalue weighted by Crippen LogP contribution is 2.30. The lowest BCUT2D eigenvalue weighted by Gasteiger charge is -2.32. The minimum absolute atomic E-state index is 0.00858. The van der Waals surface area contributed by atoms with Crippen LogP contribution in [0, 0.1) is 12.8 Å². The Bertz CT molecular complexity index is 989. The van der Waals surface area contributed by atoms with E-state index in [9.17, 15) is 13.2 Å². The summed E-state index contributed by atoms with van der Waals surface area (Å²) in [6.45, 7) is 2.68. The summed E-state index contributed by atoms with van der Waals surface area (Å²) in [5.41, 5.74) is 3.34. The van der Waals surface area contributed by atoms with Crippen molar-refractivity contribution in [2.24, 2.45) is 13.0 Å². The van der Waals surface area contributed by atoms with Crippen LogP contribution in [0.4, 0.5) is 0 Å². The molecule has 1 amide bonds. The molecule has 1 aliphatic heterocycles. The lowest BCUT2D eigenvalue weighted by molar-refractivity contribution is -0.127. The summed E-state index contributed by atoms with van der Waals surface area (Å²) in [5.74, 6) is -0.124. The first-order valence-electron chi connectivity index (χ1n) is 10.2. The minimum atomic E-state index is -3.50. The summed E-state index contributed by atoms with van der Waals surface area (Å²) >= 11 is 0. The average molecular weight is 417 g/mol. The van der Waals surface area contributed by atoms with Gasteiger partial charge in [-0.3, -0.25) is 9.48 Å². The standard InChI is InChI=1S/C21H28N4O3S/c1-15-6-8-17(9-7-15)29(27,28)25-12-10-16(11-13-25)21(26)23-19-4-3-5-20-18(19)14-22-24(20)2/h6-9,14,16,19H,3-5,10-13H2,1-2H3,(H,23,26). The van der Waals surface area contributed by atoms with Gasteiger partial charge in [0, 0.05) is 37.3 Å². The van der Waals surface area contributed by atoms with Gasteiger partial charge < -0.3 is 5.32 Å². The second-order valence-corrected chi connectivity index (χ2v) is 10.1. The fraction of sp³-hybridized carbons (Fsp3) is 0.524. The zero-order chi connectivity index (χ0) is 20.6. The third-order valence-electron chi connectivity index (χ3n) is 6.18. The Hall–Kier alpha value is -2.19. The fourth-order valence-electron chi connectivity index (χ4n) is 4.36. The second kappa shape index (κ2) is 7.91. The van der Waals surface area contributed by atoms with E-state index in [4.69, 9.17) is 0 Å². The van der Waals surface area contributed by atoms with E-state index in [1.807, 2.05) is 37.0 Å². The number of piperidine rings is 1. The lowest BCUT2D eigenvalue weighted by atomic mass is 9.91. The van der Waals surface area contributed by atoms with Crippen molar-refractivity contribution in [1.29, 1.82) is 0 Å². The predicted octanol–water partition coefficient (Wildman–Crippen LogP) is 2.32. The van der Waals surface area contributed by atoms with Crippen molar-refractivity contribution in [3.05, 3.63) is 47.3 Å². The van der Waals surface area contributed by atoms with E-state index in [1.54, 1.807) is 12.1 Å². The molecule has 0 bridgehead atoms. The molecule has 8 heteroatoms. The Kier molecular flexibility index (Phi) is 5.48. The topological polar surface area (TPSA) is 84.3 Å². The predicted molar refractivity (Wildman–Crippen MR) is 110 cm³/mol. The van der Waals surface area contributed by atoms with Gasteiger partial charge in [-0.25, -0.2) is 8.42 Å². The van der Waals surface area contributed by atoms with E-state index < -0.39 is 10.0 Å². The minimum Gasteiger partial charge on any atom is -0.349 e. The summed E-state index contributed by atoms with van der Waals surface area (Å²) in [6.07, 6.45) is 5.90. The molecule has 1 unspecified atom stereocenters. The molecule has 1 aromatic heterocycles. The van der Waals surface area contributed by atoms with Crippen molar-refractivity contribution >= 4 is 15.9 Å². The largest absolute Gasteiger partial charge is 0.349 e.